The van der Waals surface area contributed by atoms with Crippen LogP contribution >= 0.6 is 0 Å². The third kappa shape index (κ3) is 2.23. The van der Waals surface area contributed by atoms with Crippen LogP contribution in [0.5, 0.6) is 0 Å². The molecule has 22 heavy (non-hydrogen) atoms. The van der Waals surface area contributed by atoms with E-state index in [1.165, 1.54) is 0 Å². The largest absolute Gasteiger partial charge is 0.382 e. The maximum atomic E-state index is 10.4. The third-order valence-electron chi connectivity index (χ3n) is 3.89. The first kappa shape index (κ1) is 13.0. The molecule has 0 bridgehead atoms. The SMILES string of the molecule is OC(C[N+]1=Nc2cccc3cccc(c23)N1)c1ccccc1. The lowest BCUT2D eigenvalue weighted by Crippen LogP contribution is -2.25. The van der Waals surface area contributed by atoms with Crippen molar-refractivity contribution in [2.75, 3.05) is 12.0 Å². The summed E-state index contributed by atoms with van der Waals surface area (Å²) < 4.78 is 0. The number of aliphatic hydroxyl groups excluding tert-OH is 1. The molecule has 0 aromatic heterocycles. The lowest BCUT2D eigenvalue weighted by Gasteiger charge is -2.14. The molecule has 1 heterocycles. The highest BCUT2D eigenvalue weighted by Gasteiger charge is 2.23. The van der Waals surface area contributed by atoms with Gasteiger partial charge in [-0.05, 0) is 23.1 Å². The van der Waals surface area contributed by atoms with Gasteiger partial charge in [0.25, 0.3) is 0 Å². The molecule has 1 atom stereocenters. The Kier molecular flexibility index (Phi) is 3.09. The molecule has 3 aromatic carbocycles. The molecule has 108 valence electrons. The topological polar surface area (TPSA) is 47.6 Å². The smallest absolute Gasteiger partial charge is 0.230 e. The zero-order chi connectivity index (χ0) is 14.9. The van der Waals surface area contributed by atoms with Gasteiger partial charge in [-0.2, -0.15) is 0 Å². The Morgan fingerprint density at radius 2 is 1.73 bits per heavy atom. The molecule has 4 rings (SSSR count). The van der Waals surface area contributed by atoms with Gasteiger partial charge in [-0.3, -0.25) is 0 Å². The predicted octanol–water partition coefficient (Wildman–Crippen LogP) is 4.01. The molecule has 4 nitrogen and oxygen atoms in total. The van der Waals surface area contributed by atoms with Gasteiger partial charge in [0.2, 0.25) is 6.54 Å². The highest BCUT2D eigenvalue weighted by atomic mass is 16.3. The maximum Gasteiger partial charge on any atom is 0.230 e. The zero-order valence-electron chi connectivity index (χ0n) is 12.0. The van der Waals surface area contributed by atoms with Crippen LogP contribution in [-0.2, 0) is 0 Å². The molecular weight excluding hydrogens is 274 g/mol. The number of anilines is 1. The molecule has 1 aliphatic rings. The number of nitrogens with zero attached hydrogens (tertiary/aromatic N) is 2. The first-order chi connectivity index (χ1) is 10.8. The molecule has 0 saturated carbocycles. The average Bonchev–Trinajstić information content (AvgIpc) is 2.56. The van der Waals surface area contributed by atoms with E-state index in [4.69, 9.17) is 0 Å². The fourth-order valence-corrected chi connectivity index (χ4v) is 2.82. The van der Waals surface area contributed by atoms with Crippen LogP contribution in [0.1, 0.15) is 11.7 Å². The maximum absolute atomic E-state index is 10.4. The van der Waals surface area contributed by atoms with Crippen molar-refractivity contribution in [3.05, 3.63) is 72.3 Å². The molecule has 4 heteroatoms. The Labute approximate surface area is 128 Å². The van der Waals surface area contributed by atoms with Gasteiger partial charge in [-0.1, -0.05) is 54.6 Å². The standard InChI is InChI=1S/C18H16N3O/c22-17(13-6-2-1-3-7-13)12-21-19-15-10-4-8-14-9-5-11-16(20-21)18(14)15/h1-11,17,22H,12H2,(H,19,20)/q+1. The minimum atomic E-state index is -0.595. The van der Waals surface area contributed by atoms with E-state index in [1.54, 1.807) is 4.81 Å². The Morgan fingerprint density at radius 3 is 2.55 bits per heavy atom. The molecule has 0 saturated heterocycles. The second-order valence-corrected chi connectivity index (χ2v) is 5.40. The van der Waals surface area contributed by atoms with Gasteiger partial charge in [0, 0.05) is 15.3 Å². The van der Waals surface area contributed by atoms with Crippen molar-refractivity contribution < 1.29 is 9.91 Å². The number of benzene rings is 3. The summed E-state index contributed by atoms with van der Waals surface area (Å²) in [6, 6.07) is 21.8. The van der Waals surface area contributed by atoms with E-state index in [2.05, 4.69) is 22.7 Å². The van der Waals surface area contributed by atoms with E-state index < -0.39 is 6.10 Å². The summed E-state index contributed by atoms with van der Waals surface area (Å²) in [6.07, 6.45) is -0.595. The van der Waals surface area contributed by atoms with Crippen molar-refractivity contribution in [2.24, 2.45) is 5.11 Å². The molecule has 2 N–H and O–H groups in total. The molecular formula is C18H16N3O+. The molecule has 1 unspecified atom stereocenters. The van der Waals surface area contributed by atoms with E-state index >= 15 is 0 Å². The first-order valence-corrected chi connectivity index (χ1v) is 7.32. The zero-order valence-corrected chi connectivity index (χ0v) is 12.0. The van der Waals surface area contributed by atoms with Crippen molar-refractivity contribution in [1.82, 2.24) is 0 Å². The van der Waals surface area contributed by atoms with E-state index in [0.29, 0.717) is 6.54 Å². The highest BCUT2D eigenvalue weighted by Crippen LogP contribution is 2.35. The fourth-order valence-electron chi connectivity index (χ4n) is 2.82. The normalized spacial score (nSPS) is 14.3. The van der Waals surface area contributed by atoms with Crippen LogP contribution in [0.3, 0.4) is 0 Å². The van der Waals surface area contributed by atoms with Crippen LogP contribution in [0.25, 0.3) is 10.8 Å². The molecule has 0 aliphatic carbocycles. The number of rotatable bonds is 3. The summed E-state index contributed by atoms with van der Waals surface area (Å²) in [5.41, 5.74) is 6.09. The lowest BCUT2D eigenvalue weighted by molar-refractivity contribution is -0.570. The van der Waals surface area contributed by atoms with Gasteiger partial charge in [0.05, 0.1) is 0 Å². The second-order valence-electron chi connectivity index (χ2n) is 5.40. The summed E-state index contributed by atoms with van der Waals surface area (Å²) in [4.78, 5) is 1.70. The molecule has 1 aliphatic heterocycles. The van der Waals surface area contributed by atoms with Crippen LogP contribution in [0.4, 0.5) is 11.4 Å². The van der Waals surface area contributed by atoms with Crippen LogP contribution < -0.4 is 5.43 Å². The Bertz CT molecular complexity index is 853. The molecule has 0 spiro atoms. The predicted molar refractivity (Wildman–Crippen MR) is 86.2 cm³/mol. The average molecular weight is 290 g/mol. The first-order valence-electron chi connectivity index (χ1n) is 7.32. The number of hydrogen-bond acceptors (Lipinski definition) is 3. The van der Waals surface area contributed by atoms with Gasteiger partial charge >= 0.3 is 0 Å². The summed E-state index contributed by atoms with van der Waals surface area (Å²) in [5.74, 6) is 0. The highest BCUT2D eigenvalue weighted by molar-refractivity contribution is 6.01. The van der Waals surface area contributed by atoms with E-state index in [1.807, 2.05) is 54.6 Å². The second kappa shape index (κ2) is 5.24. The van der Waals surface area contributed by atoms with Gasteiger partial charge in [-0.25, -0.2) is 0 Å². The fraction of sp³-hybridized carbons (Fsp3) is 0.111. The summed E-state index contributed by atoms with van der Waals surface area (Å²) >= 11 is 0. The van der Waals surface area contributed by atoms with Crippen molar-refractivity contribution >= 4 is 22.1 Å². The lowest BCUT2D eigenvalue weighted by atomic mass is 10.1. The van der Waals surface area contributed by atoms with Crippen molar-refractivity contribution in [2.45, 2.75) is 6.10 Å². The minimum Gasteiger partial charge on any atom is -0.382 e. The molecule has 0 fully saturated rings. The Balaban J connectivity index is 1.68. The number of hydrogen-bond donors (Lipinski definition) is 2. The molecule has 0 radical (unpaired) electrons. The van der Waals surface area contributed by atoms with Crippen LogP contribution in [0, 0.1) is 0 Å². The van der Waals surface area contributed by atoms with Gasteiger partial charge in [-0.15, -0.1) is 5.43 Å². The third-order valence-corrected chi connectivity index (χ3v) is 3.89. The Hall–Kier alpha value is -2.72. The number of hydrazine groups is 1. The quantitative estimate of drug-likeness (QED) is 0.716. The van der Waals surface area contributed by atoms with E-state index in [-0.39, 0.29) is 0 Å². The van der Waals surface area contributed by atoms with E-state index in [9.17, 15) is 5.11 Å². The van der Waals surface area contributed by atoms with E-state index in [0.717, 1.165) is 27.7 Å². The number of β-amino-alcohol motifs (C(OH)–C–C–N with tert-alkyl or cyclic N) is 1. The van der Waals surface area contributed by atoms with Crippen LogP contribution in [-0.4, -0.2) is 16.5 Å². The van der Waals surface area contributed by atoms with Gasteiger partial charge < -0.3 is 5.11 Å². The van der Waals surface area contributed by atoms with Crippen LogP contribution in [0.15, 0.2) is 71.8 Å². The number of aliphatic hydroxyl groups is 1. The summed E-state index contributed by atoms with van der Waals surface area (Å²) in [6.45, 7) is 0.384. The monoisotopic (exact) mass is 290 g/mol. The van der Waals surface area contributed by atoms with Crippen molar-refractivity contribution in [1.29, 1.82) is 0 Å². The molecule has 3 aromatic rings. The minimum absolute atomic E-state index is 0.384. The van der Waals surface area contributed by atoms with Gasteiger partial charge in [0.1, 0.15) is 17.5 Å². The molecule has 0 amide bonds. The van der Waals surface area contributed by atoms with Crippen molar-refractivity contribution in [3.63, 3.8) is 0 Å². The number of nitrogens with one attached hydrogen (secondary N) is 1. The van der Waals surface area contributed by atoms with Crippen molar-refractivity contribution in [3.8, 4) is 0 Å². The summed E-state index contributed by atoms with van der Waals surface area (Å²) in [7, 11) is 0. The van der Waals surface area contributed by atoms with Gasteiger partial charge in [0.15, 0.2) is 0 Å². The Morgan fingerprint density at radius 1 is 0.955 bits per heavy atom. The summed E-state index contributed by atoms with van der Waals surface area (Å²) in [5, 5.41) is 17.2. The number of azo groups is 1. The van der Waals surface area contributed by atoms with Crippen LogP contribution in [0.2, 0.25) is 0 Å².